The van der Waals surface area contributed by atoms with Crippen molar-refractivity contribution < 1.29 is 0 Å². The number of rotatable bonds is 2. The van der Waals surface area contributed by atoms with Gasteiger partial charge in [0.25, 0.3) is 0 Å². The summed E-state index contributed by atoms with van der Waals surface area (Å²) in [5.41, 5.74) is 4.12. The van der Waals surface area contributed by atoms with Gasteiger partial charge in [-0.05, 0) is 37.6 Å². The molecule has 1 heterocycles. The van der Waals surface area contributed by atoms with E-state index in [-0.39, 0.29) is 0 Å². The largest absolute Gasteiger partial charge is 0.304 e. The average Bonchev–Trinajstić information content (AvgIpc) is 2.29. The van der Waals surface area contributed by atoms with Crippen LogP contribution >= 0.6 is 15.9 Å². The van der Waals surface area contributed by atoms with Crippen molar-refractivity contribution in [3.8, 4) is 0 Å². The maximum absolute atomic E-state index is 3.63. The number of benzene rings is 1. The minimum Gasteiger partial charge on any atom is -0.304 e. The fourth-order valence-electron chi connectivity index (χ4n) is 2.39. The molecular weight excluding hydrogens is 276 g/mol. The van der Waals surface area contributed by atoms with Gasteiger partial charge in [-0.15, -0.1) is 0 Å². The molecule has 1 saturated heterocycles. The molecule has 0 bridgehead atoms. The van der Waals surface area contributed by atoms with Crippen molar-refractivity contribution in [1.29, 1.82) is 0 Å². The third-order valence-corrected chi connectivity index (χ3v) is 4.75. The Morgan fingerprint density at radius 3 is 2.12 bits per heavy atom. The number of likely N-dealkylation sites (N-methyl/N-ethyl adjacent to an activating group) is 1. The van der Waals surface area contributed by atoms with E-state index in [1.807, 2.05) is 0 Å². The maximum Gasteiger partial charge on any atom is 0.0235 e. The van der Waals surface area contributed by atoms with E-state index in [4.69, 9.17) is 0 Å². The van der Waals surface area contributed by atoms with E-state index in [1.165, 1.54) is 47.3 Å². The van der Waals surface area contributed by atoms with Crippen LogP contribution in [0, 0.1) is 13.8 Å². The zero-order valence-corrected chi connectivity index (χ0v) is 12.5. The molecule has 0 atom stereocenters. The van der Waals surface area contributed by atoms with E-state index < -0.39 is 0 Å². The van der Waals surface area contributed by atoms with Crippen LogP contribution in [0.3, 0.4) is 0 Å². The van der Waals surface area contributed by atoms with E-state index in [0.717, 1.165) is 6.54 Å². The highest BCUT2D eigenvalue weighted by Crippen LogP contribution is 2.23. The minimum absolute atomic E-state index is 1.09. The first-order chi connectivity index (χ1) is 8.06. The lowest BCUT2D eigenvalue weighted by Gasteiger charge is -2.32. The van der Waals surface area contributed by atoms with Gasteiger partial charge in [-0.1, -0.05) is 28.1 Å². The van der Waals surface area contributed by atoms with Gasteiger partial charge in [0, 0.05) is 37.2 Å². The van der Waals surface area contributed by atoms with E-state index >= 15 is 0 Å². The van der Waals surface area contributed by atoms with Crippen LogP contribution in [0.2, 0.25) is 0 Å². The van der Waals surface area contributed by atoms with Gasteiger partial charge in [0.15, 0.2) is 0 Å². The van der Waals surface area contributed by atoms with Gasteiger partial charge >= 0.3 is 0 Å². The second-order valence-corrected chi connectivity index (χ2v) is 5.92. The summed E-state index contributed by atoms with van der Waals surface area (Å²) < 4.78 is 1.25. The predicted octanol–water partition coefficient (Wildman–Crippen LogP) is 2.81. The van der Waals surface area contributed by atoms with Crippen LogP contribution in [-0.2, 0) is 6.54 Å². The Labute approximate surface area is 113 Å². The zero-order chi connectivity index (χ0) is 12.4. The van der Waals surface area contributed by atoms with Crippen LogP contribution in [0.25, 0.3) is 0 Å². The van der Waals surface area contributed by atoms with E-state index in [1.54, 1.807) is 0 Å². The van der Waals surface area contributed by atoms with Crippen molar-refractivity contribution in [2.45, 2.75) is 20.4 Å². The van der Waals surface area contributed by atoms with E-state index in [9.17, 15) is 0 Å². The van der Waals surface area contributed by atoms with Crippen molar-refractivity contribution in [2.75, 3.05) is 33.2 Å². The van der Waals surface area contributed by atoms with Crippen LogP contribution in [0.5, 0.6) is 0 Å². The summed E-state index contributed by atoms with van der Waals surface area (Å²) in [6.45, 7) is 10.2. The maximum atomic E-state index is 3.63. The topological polar surface area (TPSA) is 6.48 Å². The van der Waals surface area contributed by atoms with Gasteiger partial charge < -0.3 is 4.90 Å². The molecule has 3 heteroatoms. The molecule has 1 aromatic carbocycles. The molecule has 0 unspecified atom stereocenters. The number of aryl methyl sites for hydroxylation is 2. The first-order valence-corrected chi connectivity index (χ1v) is 7.02. The molecule has 2 rings (SSSR count). The molecule has 2 nitrogen and oxygen atoms in total. The average molecular weight is 297 g/mol. The van der Waals surface area contributed by atoms with Gasteiger partial charge in [0.2, 0.25) is 0 Å². The molecule has 0 aliphatic carbocycles. The Balaban J connectivity index is 2.04. The van der Waals surface area contributed by atoms with Crippen molar-refractivity contribution in [2.24, 2.45) is 0 Å². The first kappa shape index (κ1) is 13.1. The summed E-state index contributed by atoms with van der Waals surface area (Å²) in [5.74, 6) is 0. The van der Waals surface area contributed by atoms with Gasteiger partial charge in [0.1, 0.15) is 0 Å². The number of halogens is 1. The second-order valence-electron chi connectivity index (χ2n) is 5.12. The normalized spacial score (nSPS) is 18.6. The first-order valence-electron chi connectivity index (χ1n) is 6.23. The highest BCUT2D eigenvalue weighted by Gasteiger charge is 2.14. The van der Waals surface area contributed by atoms with Crippen LogP contribution in [-0.4, -0.2) is 43.0 Å². The molecule has 1 aromatic rings. The highest BCUT2D eigenvalue weighted by atomic mass is 79.9. The molecule has 17 heavy (non-hydrogen) atoms. The number of nitrogens with zero attached hydrogens (tertiary/aromatic N) is 2. The lowest BCUT2D eigenvalue weighted by atomic mass is 10.1. The molecule has 0 spiro atoms. The molecule has 1 aliphatic heterocycles. The quantitative estimate of drug-likeness (QED) is 0.828. The summed E-state index contributed by atoms with van der Waals surface area (Å²) in [7, 11) is 2.20. The van der Waals surface area contributed by atoms with Crippen LogP contribution < -0.4 is 0 Å². The zero-order valence-electron chi connectivity index (χ0n) is 11.0. The molecule has 94 valence electrons. The summed E-state index contributed by atoms with van der Waals surface area (Å²) in [6, 6.07) is 4.60. The Bertz CT molecular complexity index is 372. The summed E-state index contributed by atoms with van der Waals surface area (Å²) in [6.07, 6.45) is 0. The molecule has 0 amide bonds. The summed E-state index contributed by atoms with van der Waals surface area (Å²) >= 11 is 3.63. The Kier molecular flexibility index (Phi) is 4.23. The van der Waals surface area contributed by atoms with Gasteiger partial charge in [-0.2, -0.15) is 0 Å². The van der Waals surface area contributed by atoms with Gasteiger partial charge in [-0.25, -0.2) is 0 Å². The lowest BCUT2D eigenvalue weighted by Crippen LogP contribution is -2.43. The van der Waals surface area contributed by atoms with Gasteiger partial charge in [-0.3, -0.25) is 4.90 Å². The molecule has 0 radical (unpaired) electrons. The Hall–Kier alpha value is -0.380. The summed E-state index contributed by atoms with van der Waals surface area (Å²) in [5, 5.41) is 0. The minimum atomic E-state index is 1.09. The van der Waals surface area contributed by atoms with Crippen molar-refractivity contribution in [3.63, 3.8) is 0 Å². The fraction of sp³-hybridized carbons (Fsp3) is 0.571. The molecule has 0 aromatic heterocycles. The van der Waals surface area contributed by atoms with Crippen molar-refractivity contribution in [1.82, 2.24) is 9.80 Å². The number of hydrogen-bond donors (Lipinski definition) is 0. The fourth-order valence-corrected chi connectivity index (χ4v) is 2.62. The Morgan fingerprint density at radius 2 is 1.59 bits per heavy atom. The molecule has 1 fully saturated rings. The smallest absolute Gasteiger partial charge is 0.0235 e. The molecule has 0 saturated carbocycles. The second kappa shape index (κ2) is 5.51. The SMILES string of the molecule is Cc1cc(CN2CCN(C)CC2)cc(C)c1Br. The standard InChI is InChI=1S/C14H21BrN2/c1-11-8-13(9-12(2)14(11)15)10-17-6-4-16(3)5-7-17/h8-9H,4-7,10H2,1-3H3. The van der Waals surface area contributed by atoms with Crippen molar-refractivity contribution >= 4 is 15.9 Å². The van der Waals surface area contributed by atoms with Crippen LogP contribution in [0.15, 0.2) is 16.6 Å². The van der Waals surface area contributed by atoms with Crippen LogP contribution in [0.4, 0.5) is 0 Å². The van der Waals surface area contributed by atoms with Crippen LogP contribution in [0.1, 0.15) is 16.7 Å². The van der Waals surface area contributed by atoms with Crippen molar-refractivity contribution in [3.05, 3.63) is 33.3 Å². The highest BCUT2D eigenvalue weighted by molar-refractivity contribution is 9.10. The Morgan fingerprint density at radius 1 is 1.06 bits per heavy atom. The molecule has 0 N–H and O–H groups in total. The molecular formula is C14H21BrN2. The molecule has 1 aliphatic rings. The third-order valence-electron chi connectivity index (χ3n) is 3.50. The van der Waals surface area contributed by atoms with Gasteiger partial charge in [0.05, 0.1) is 0 Å². The predicted molar refractivity (Wildman–Crippen MR) is 76.4 cm³/mol. The number of piperazine rings is 1. The third kappa shape index (κ3) is 3.30. The van der Waals surface area contributed by atoms with E-state index in [2.05, 4.69) is 58.8 Å². The summed E-state index contributed by atoms with van der Waals surface area (Å²) in [4.78, 5) is 4.94. The lowest BCUT2D eigenvalue weighted by molar-refractivity contribution is 0.148. The number of hydrogen-bond acceptors (Lipinski definition) is 2. The van der Waals surface area contributed by atoms with E-state index in [0.29, 0.717) is 0 Å². The monoisotopic (exact) mass is 296 g/mol.